The summed E-state index contributed by atoms with van der Waals surface area (Å²) < 4.78 is 0. The Bertz CT molecular complexity index is 783. The van der Waals surface area contributed by atoms with Gasteiger partial charge in [0.25, 0.3) is 0 Å². The van der Waals surface area contributed by atoms with Gasteiger partial charge in [0.15, 0.2) is 5.78 Å². The highest BCUT2D eigenvalue weighted by Gasteiger charge is 2.27. The predicted molar refractivity (Wildman–Crippen MR) is 95.7 cm³/mol. The monoisotopic (exact) mass is 324 g/mol. The van der Waals surface area contributed by atoms with Gasteiger partial charge in [0.1, 0.15) is 5.00 Å². The van der Waals surface area contributed by atoms with E-state index in [-0.39, 0.29) is 5.78 Å². The molecule has 4 heteroatoms. The number of hydrogen-bond donors (Lipinski definition) is 2. The van der Waals surface area contributed by atoms with E-state index in [0.717, 1.165) is 5.69 Å². The smallest absolute Gasteiger partial charge is 0.192 e. The van der Waals surface area contributed by atoms with Crippen LogP contribution in [-0.4, -0.2) is 10.8 Å². The van der Waals surface area contributed by atoms with Gasteiger partial charge in [-0.05, 0) is 18.2 Å². The van der Waals surface area contributed by atoms with Crippen molar-refractivity contribution in [1.82, 2.24) is 0 Å². The number of anilines is 2. The van der Waals surface area contributed by atoms with E-state index in [9.17, 15) is 4.79 Å². The average molecular weight is 325 g/mol. The van der Waals surface area contributed by atoms with Crippen LogP contribution in [0.4, 0.5) is 11.4 Å². The van der Waals surface area contributed by atoms with Gasteiger partial charge in [-0.3, -0.25) is 4.79 Å². The van der Waals surface area contributed by atoms with Gasteiger partial charge in [0.05, 0.1) is 11.4 Å². The van der Waals surface area contributed by atoms with Gasteiger partial charge >= 0.3 is 0 Å². The molecule has 0 bridgehead atoms. The van der Waals surface area contributed by atoms with Crippen molar-refractivity contribution in [2.24, 2.45) is 0 Å². The summed E-state index contributed by atoms with van der Waals surface area (Å²) >= 11 is 6.59. The zero-order valence-corrected chi connectivity index (χ0v) is 13.3. The van der Waals surface area contributed by atoms with E-state index in [4.69, 9.17) is 17.3 Å². The molecule has 3 N–H and O–H groups in total. The third-order valence-corrected chi connectivity index (χ3v) is 4.12. The summed E-state index contributed by atoms with van der Waals surface area (Å²) in [5.41, 5.74) is 8.67. The largest absolute Gasteiger partial charge is 0.397 e. The van der Waals surface area contributed by atoms with E-state index >= 15 is 0 Å². The number of Topliss-reactive ketones (excluding diaryl/α,β-unsaturated/α-hetero) is 1. The number of carbonyl (C=O) groups is 1. The Morgan fingerprint density at radius 3 is 2.43 bits per heavy atom. The predicted octanol–water partition coefficient (Wildman–Crippen LogP) is 4.39. The number of nitrogen functional groups attached to an aromatic ring is 1. The first-order chi connectivity index (χ1) is 11.1. The fourth-order valence-corrected chi connectivity index (χ4v) is 2.71. The molecule has 0 heterocycles. The molecular weight excluding hydrogens is 308 g/mol. The number of nitrogens with one attached hydrogen (secondary N) is 1. The SMILES string of the molecule is Nc1ccccc1NC1(Cl)C=CC(C(=O)c2ccccc2)=CC1. The van der Waals surface area contributed by atoms with E-state index in [1.165, 1.54) is 0 Å². The summed E-state index contributed by atoms with van der Waals surface area (Å²) in [6.07, 6.45) is 5.91. The molecule has 3 nitrogen and oxygen atoms in total. The number of nitrogens with two attached hydrogens (primary N) is 1. The maximum Gasteiger partial charge on any atom is 0.192 e. The maximum absolute atomic E-state index is 12.4. The topological polar surface area (TPSA) is 55.1 Å². The van der Waals surface area contributed by atoms with Gasteiger partial charge in [-0.25, -0.2) is 0 Å². The van der Waals surface area contributed by atoms with Crippen LogP contribution in [0.25, 0.3) is 0 Å². The molecule has 1 unspecified atom stereocenters. The number of halogens is 1. The zero-order valence-electron chi connectivity index (χ0n) is 12.5. The maximum atomic E-state index is 12.4. The molecule has 0 saturated heterocycles. The minimum Gasteiger partial charge on any atom is -0.397 e. The Kier molecular flexibility index (Phi) is 4.22. The number of allylic oxidation sites excluding steroid dienone is 2. The van der Waals surface area contributed by atoms with Crippen molar-refractivity contribution in [3.05, 3.63) is 84.0 Å². The van der Waals surface area contributed by atoms with E-state index in [1.54, 1.807) is 12.2 Å². The van der Waals surface area contributed by atoms with Crippen LogP contribution in [0.15, 0.2) is 78.4 Å². The minimum atomic E-state index is -0.782. The number of carbonyl (C=O) groups excluding carboxylic acids is 1. The Balaban J connectivity index is 1.74. The lowest BCUT2D eigenvalue weighted by molar-refractivity contribution is 0.103. The van der Waals surface area contributed by atoms with Crippen molar-refractivity contribution in [2.45, 2.75) is 11.4 Å². The van der Waals surface area contributed by atoms with Crippen LogP contribution in [-0.2, 0) is 0 Å². The van der Waals surface area contributed by atoms with Crippen LogP contribution in [0, 0.1) is 0 Å². The highest BCUT2D eigenvalue weighted by molar-refractivity contribution is 6.27. The van der Waals surface area contributed by atoms with E-state index < -0.39 is 5.00 Å². The second-order valence-corrected chi connectivity index (χ2v) is 6.14. The first-order valence-electron chi connectivity index (χ1n) is 7.38. The molecule has 116 valence electrons. The van der Waals surface area contributed by atoms with Crippen molar-refractivity contribution in [3.8, 4) is 0 Å². The van der Waals surface area contributed by atoms with Crippen molar-refractivity contribution in [3.63, 3.8) is 0 Å². The molecule has 0 aromatic heterocycles. The quantitative estimate of drug-likeness (QED) is 0.379. The molecule has 0 radical (unpaired) electrons. The Hall–Kier alpha value is -2.52. The van der Waals surface area contributed by atoms with Crippen LogP contribution in [0.3, 0.4) is 0 Å². The average Bonchev–Trinajstić information content (AvgIpc) is 2.58. The number of alkyl halides is 1. The second-order valence-electron chi connectivity index (χ2n) is 5.47. The molecule has 0 aliphatic heterocycles. The fraction of sp³-hybridized carbons (Fsp3) is 0.105. The fourth-order valence-electron chi connectivity index (χ4n) is 2.47. The van der Waals surface area contributed by atoms with Crippen molar-refractivity contribution < 1.29 is 4.79 Å². The molecular formula is C19H17ClN2O. The molecule has 0 amide bonds. The molecule has 0 spiro atoms. The summed E-state index contributed by atoms with van der Waals surface area (Å²) in [7, 11) is 0. The van der Waals surface area contributed by atoms with Gasteiger partial charge in [0.2, 0.25) is 0 Å². The molecule has 23 heavy (non-hydrogen) atoms. The highest BCUT2D eigenvalue weighted by atomic mass is 35.5. The van der Waals surface area contributed by atoms with Crippen LogP contribution in [0.5, 0.6) is 0 Å². The van der Waals surface area contributed by atoms with Crippen LogP contribution < -0.4 is 11.1 Å². The summed E-state index contributed by atoms with van der Waals surface area (Å²) in [6.45, 7) is 0. The summed E-state index contributed by atoms with van der Waals surface area (Å²) in [4.78, 5) is 11.6. The molecule has 0 saturated carbocycles. The zero-order chi connectivity index (χ0) is 16.3. The summed E-state index contributed by atoms with van der Waals surface area (Å²) in [6, 6.07) is 16.7. The van der Waals surface area contributed by atoms with Crippen molar-refractivity contribution in [2.75, 3.05) is 11.1 Å². The van der Waals surface area contributed by atoms with Crippen molar-refractivity contribution >= 4 is 28.8 Å². The second kappa shape index (κ2) is 6.31. The van der Waals surface area contributed by atoms with Gasteiger partial charge in [-0.15, -0.1) is 0 Å². The van der Waals surface area contributed by atoms with Gasteiger partial charge in [0, 0.05) is 17.6 Å². The van der Waals surface area contributed by atoms with Crippen LogP contribution in [0.1, 0.15) is 16.8 Å². The van der Waals surface area contributed by atoms with Gasteiger partial charge in [-0.2, -0.15) is 0 Å². The minimum absolute atomic E-state index is 0.000193. The number of para-hydroxylation sites is 2. The third kappa shape index (κ3) is 3.46. The van der Waals surface area contributed by atoms with Crippen LogP contribution >= 0.6 is 11.6 Å². The first kappa shape index (κ1) is 15.4. The molecule has 1 aliphatic rings. The molecule has 1 atom stereocenters. The standard InChI is InChI=1S/C19H17ClN2O/c20-19(22-17-9-5-4-8-16(17)21)12-10-15(11-13-19)18(23)14-6-2-1-3-7-14/h1-12,22H,13,21H2. The number of rotatable bonds is 4. The molecule has 2 aromatic carbocycles. The lowest BCUT2D eigenvalue weighted by atomic mass is 9.95. The lowest BCUT2D eigenvalue weighted by Gasteiger charge is -2.28. The van der Waals surface area contributed by atoms with Gasteiger partial charge < -0.3 is 11.1 Å². The van der Waals surface area contributed by atoms with E-state index in [0.29, 0.717) is 23.2 Å². The molecule has 0 fully saturated rings. The highest BCUT2D eigenvalue weighted by Crippen LogP contribution is 2.32. The number of ketones is 1. The van der Waals surface area contributed by atoms with Crippen molar-refractivity contribution in [1.29, 1.82) is 0 Å². The Labute approximate surface area is 140 Å². The molecule has 2 aromatic rings. The number of benzene rings is 2. The van der Waals surface area contributed by atoms with E-state index in [1.807, 2.05) is 60.7 Å². The molecule has 3 rings (SSSR count). The van der Waals surface area contributed by atoms with E-state index in [2.05, 4.69) is 5.32 Å². The third-order valence-electron chi connectivity index (χ3n) is 3.75. The molecule has 1 aliphatic carbocycles. The Morgan fingerprint density at radius 1 is 1.09 bits per heavy atom. The summed E-state index contributed by atoms with van der Waals surface area (Å²) in [5, 5.41) is 3.22. The summed E-state index contributed by atoms with van der Waals surface area (Å²) in [5.74, 6) is -0.000193. The van der Waals surface area contributed by atoms with Crippen LogP contribution in [0.2, 0.25) is 0 Å². The lowest BCUT2D eigenvalue weighted by Crippen LogP contribution is -2.31. The first-order valence-corrected chi connectivity index (χ1v) is 7.76. The van der Waals surface area contributed by atoms with Gasteiger partial charge in [-0.1, -0.05) is 66.2 Å². The number of hydrogen-bond acceptors (Lipinski definition) is 3. The normalized spacial score (nSPS) is 20.0. The Morgan fingerprint density at radius 2 is 1.78 bits per heavy atom.